The van der Waals surface area contributed by atoms with Crippen molar-refractivity contribution in [1.29, 1.82) is 0 Å². The molecule has 8 rings (SSSR count). The van der Waals surface area contributed by atoms with Gasteiger partial charge in [-0.3, -0.25) is 39.4 Å². The average Bonchev–Trinajstić information content (AvgIpc) is 4.43. The van der Waals surface area contributed by atoms with Gasteiger partial charge in [0.05, 0.1) is 46.2 Å². The number of allylic oxidation sites excluding steroid dienone is 2. The van der Waals surface area contributed by atoms with E-state index in [1.807, 2.05) is 71.4 Å². The van der Waals surface area contributed by atoms with Gasteiger partial charge < -0.3 is 44.6 Å². The van der Waals surface area contributed by atoms with E-state index in [0.717, 1.165) is 35.6 Å². The summed E-state index contributed by atoms with van der Waals surface area (Å²) < 4.78 is 23.0. The zero-order valence-electron chi connectivity index (χ0n) is 47.5. The van der Waals surface area contributed by atoms with Crippen molar-refractivity contribution in [3.05, 3.63) is 80.6 Å². The number of aromatic nitrogens is 7. The molecule has 0 spiro atoms. The second-order valence-electron chi connectivity index (χ2n) is 21.1. The molecule has 2 aliphatic heterocycles. The van der Waals surface area contributed by atoms with Gasteiger partial charge in [-0.1, -0.05) is 19.1 Å². The van der Waals surface area contributed by atoms with Crippen molar-refractivity contribution in [2.75, 3.05) is 75.9 Å². The zero-order chi connectivity index (χ0) is 58.1. The molecule has 6 amide bonds. The zero-order valence-corrected chi connectivity index (χ0v) is 49.1. The highest BCUT2D eigenvalue weighted by molar-refractivity contribution is 7.98. The number of nitrogens with two attached hydrogens (primary N) is 2. The predicted molar refractivity (Wildman–Crippen MR) is 311 cm³/mol. The number of carbonyl (C=O) groups excluding carboxylic acids is 6. The first-order valence-electron chi connectivity index (χ1n) is 27.5. The molecule has 2 aliphatic rings. The molecule has 81 heavy (non-hydrogen) atoms. The number of piperazine rings is 1. The first-order chi connectivity index (χ1) is 38.7. The van der Waals surface area contributed by atoms with E-state index >= 15 is 0 Å². The van der Waals surface area contributed by atoms with Crippen LogP contribution in [0.3, 0.4) is 0 Å². The fourth-order valence-corrected chi connectivity index (χ4v) is 11.6. The van der Waals surface area contributed by atoms with E-state index in [4.69, 9.17) is 35.6 Å². The summed E-state index contributed by atoms with van der Waals surface area (Å²) in [5.74, 6) is -0.860. The van der Waals surface area contributed by atoms with Crippen molar-refractivity contribution in [3.63, 3.8) is 0 Å². The highest BCUT2D eigenvalue weighted by Gasteiger charge is 2.29. The Labute approximate surface area is 479 Å². The quantitative estimate of drug-likeness (QED) is 0.0286. The number of fused-ring (bicyclic) bond motifs is 2. The fraction of sp³-hybridized carbons (Fsp3) is 0.500. The summed E-state index contributed by atoms with van der Waals surface area (Å²) >= 11 is 2.71. The number of likely N-dealkylation sites (tertiary alicyclic amines) is 1. The third kappa shape index (κ3) is 14.7. The van der Waals surface area contributed by atoms with Gasteiger partial charge >= 0.3 is 12.2 Å². The summed E-state index contributed by atoms with van der Waals surface area (Å²) in [6.45, 7) is 18.9. The topological polar surface area (TPSA) is 282 Å². The van der Waals surface area contributed by atoms with Crippen LogP contribution in [0.5, 0.6) is 5.75 Å². The normalized spacial score (nSPS) is 14.5. The van der Waals surface area contributed by atoms with Crippen molar-refractivity contribution < 1.29 is 43.0 Å². The maximum atomic E-state index is 14.0. The molecule has 0 bridgehead atoms. The number of amides is 6. The van der Waals surface area contributed by atoms with Crippen molar-refractivity contribution in [2.24, 2.45) is 17.4 Å². The molecule has 434 valence electrons. The van der Waals surface area contributed by atoms with Gasteiger partial charge in [-0.2, -0.15) is 5.10 Å². The van der Waals surface area contributed by atoms with Gasteiger partial charge in [0.25, 0.3) is 11.8 Å². The first-order valence-corrected chi connectivity index (χ1v) is 29.5. The van der Waals surface area contributed by atoms with Crippen LogP contribution in [0.25, 0.3) is 22.1 Å². The lowest BCUT2D eigenvalue weighted by Crippen LogP contribution is -2.49. The number of rotatable bonds is 22. The van der Waals surface area contributed by atoms with E-state index in [1.165, 1.54) is 23.1 Å². The molecule has 2 saturated heterocycles. The molecule has 2 aromatic carbocycles. The number of thioether (sulfide) groups is 1. The van der Waals surface area contributed by atoms with Crippen LogP contribution in [-0.4, -0.2) is 155 Å². The minimum absolute atomic E-state index is 0.156. The van der Waals surface area contributed by atoms with E-state index in [9.17, 15) is 28.8 Å². The Hall–Kier alpha value is -7.51. The molecule has 4 aromatic heterocycles. The Morgan fingerprint density at radius 2 is 1.38 bits per heavy atom. The standard InChI is InChI=1S/C56H74N14O9S2/c1-9-39-47(81-35(4)59-39)51(74)63-53-61-41-31-38(49(58)72)33-44(80-8)46(41)69(53)20-12-11-19-68-45-40(60-52(68)62-50(73)42-29-34(3)64-70(42)10-2)30-37(48(57)71)32-43(45)77-28-14-18-65-23-25-67(26-24-65)54(75)78-27-13-15-36-16-21-66(22-17-36)55(76)79-56(5,6)7/h11-12,29-33,36H,9-10,13-28H2,1-8H3,(H2,57,71)(H2,58,72)(H,60,62,73)(H,61,63,74)/b12-11+. The maximum absolute atomic E-state index is 14.0. The van der Waals surface area contributed by atoms with Crippen LogP contribution >= 0.6 is 23.1 Å². The Kier molecular flexibility index (Phi) is 19.4. The summed E-state index contributed by atoms with van der Waals surface area (Å²) in [7, 11) is 0. The van der Waals surface area contributed by atoms with Crippen LogP contribution in [0.2, 0.25) is 0 Å². The molecule has 25 heteroatoms. The van der Waals surface area contributed by atoms with E-state index < -0.39 is 23.3 Å². The van der Waals surface area contributed by atoms with Gasteiger partial charge in [0.2, 0.25) is 23.7 Å². The molecule has 2 fully saturated rings. The number of hydrogen-bond donors (Lipinski definition) is 4. The number of primary amides is 2. The number of aryl methyl sites for hydroxylation is 4. The number of nitrogens with one attached hydrogen (secondary N) is 2. The molecular formula is C56H74N14O9S2. The van der Waals surface area contributed by atoms with Crippen molar-refractivity contribution in [1.82, 2.24) is 48.6 Å². The first kappa shape index (κ1) is 59.6. The minimum Gasteiger partial charge on any atom is -0.491 e. The Balaban J connectivity index is 0.949. The van der Waals surface area contributed by atoms with Crippen LogP contribution in [-0.2, 0) is 35.5 Å². The molecule has 0 unspecified atom stereocenters. The maximum Gasteiger partial charge on any atom is 0.410 e. The summed E-state index contributed by atoms with van der Waals surface area (Å²) in [5.41, 5.74) is 15.2. The van der Waals surface area contributed by atoms with Crippen molar-refractivity contribution >= 4 is 92.9 Å². The molecule has 6 aromatic rings. The van der Waals surface area contributed by atoms with Gasteiger partial charge in [0, 0.05) is 81.5 Å². The molecule has 23 nitrogen and oxygen atoms in total. The number of nitrogens with zero attached hydrogens (tertiary/aromatic N) is 10. The molecule has 0 atom stereocenters. The number of hydrogen-bond acceptors (Lipinski definition) is 16. The minimum atomic E-state index is -0.683. The highest BCUT2D eigenvalue weighted by Crippen LogP contribution is 2.34. The lowest BCUT2D eigenvalue weighted by atomic mass is 9.92. The third-order valence-electron chi connectivity index (χ3n) is 14.1. The number of carbonyl (C=O) groups is 6. The van der Waals surface area contributed by atoms with Crippen molar-refractivity contribution in [2.45, 2.75) is 117 Å². The fourth-order valence-electron chi connectivity index (χ4n) is 10.1. The highest BCUT2D eigenvalue weighted by atomic mass is 32.2. The van der Waals surface area contributed by atoms with Gasteiger partial charge in [0.1, 0.15) is 27.4 Å². The lowest BCUT2D eigenvalue weighted by Gasteiger charge is -2.34. The summed E-state index contributed by atoms with van der Waals surface area (Å²) in [5, 5.41) is 11.2. The second kappa shape index (κ2) is 26.4. The Morgan fingerprint density at radius 1 is 0.765 bits per heavy atom. The van der Waals surface area contributed by atoms with Crippen molar-refractivity contribution in [3.8, 4) is 5.75 Å². The number of thiazole rings is 1. The molecule has 6 N–H and O–H groups in total. The summed E-state index contributed by atoms with van der Waals surface area (Å²) in [6.07, 6.45) is 9.75. The van der Waals surface area contributed by atoms with Crippen LogP contribution in [0.4, 0.5) is 21.5 Å². The largest absolute Gasteiger partial charge is 0.491 e. The van der Waals surface area contributed by atoms with Crippen LogP contribution in [0.15, 0.2) is 47.4 Å². The smallest absolute Gasteiger partial charge is 0.410 e. The predicted octanol–water partition coefficient (Wildman–Crippen LogP) is 7.87. The number of ether oxygens (including phenoxy) is 3. The summed E-state index contributed by atoms with van der Waals surface area (Å²) in [6, 6.07) is 8.15. The molecular weight excluding hydrogens is 1080 g/mol. The van der Waals surface area contributed by atoms with Gasteiger partial charge in [-0.15, -0.1) is 23.1 Å². The monoisotopic (exact) mass is 1150 g/mol. The second-order valence-corrected chi connectivity index (χ2v) is 23.2. The number of benzene rings is 2. The molecule has 6 heterocycles. The van der Waals surface area contributed by atoms with E-state index in [1.54, 1.807) is 49.4 Å². The van der Waals surface area contributed by atoms with E-state index in [-0.39, 0.29) is 60.8 Å². The molecule has 0 aliphatic carbocycles. The number of piperidine rings is 1. The SMILES string of the molecule is CCc1nc(C)sc1C(=O)Nc1nc2cc(C(N)=O)cc(SC)c2n1C/C=C/Cn1c(NC(=O)c2cc(C)nn2CC)nc2cc(C(N)=O)cc(OCCCN3CCN(C(=O)OCCCC4CCN(C(=O)OC(C)(C)C)CC4)CC3)c21. The lowest BCUT2D eigenvalue weighted by molar-refractivity contribution is 0.0176. The Morgan fingerprint density at radius 3 is 2.00 bits per heavy atom. The van der Waals surface area contributed by atoms with E-state index in [0.29, 0.717) is 127 Å². The summed E-state index contributed by atoms with van der Waals surface area (Å²) in [4.78, 5) is 99.7. The van der Waals surface area contributed by atoms with E-state index in [2.05, 4.69) is 25.6 Å². The van der Waals surface area contributed by atoms with Crippen LogP contribution in [0.1, 0.15) is 124 Å². The van der Waals surface area contributed by atoms with Gasteiger partial charge in [-0.05, 0) is 123 Å². The van der Waals surface area contributed by atoms with Crippen LogP contribution in [0, 0.1) is 19.8 Å². The Bertz CT molecular complexity index is 3320. The van der Waals surface area contributed by atoms with Gasteiger partial charge in [0.15, 0.2) is 0 Å². The number of anilines is 2. The molecule has 0 radical (unpaired) electrons. The molecule has 0 saturated carbocycles. The number of imidazole rings is 2. The third-order valence-corrected chi connectivity index (χ3v) is 15.9. The van der Waals surface area contributed by atoms with Gasteiger partial charge in [-0.25, -0.2) is 24.5 Å². The average molecular weight is 1150 g/mol. The van der Waals surface area contributed by atoms with Crippen LogP contribution < -0.4 is 26.8 Å².